The average molecular weight is 529 g/mol. The number of rotatable bonds is 8. The summed E-state index contributed by atoms with van der Waals surface area (Å²) in [6, 6.07) is 24.0. The number of benzene rings is 3. The molecule has 5 aromatic rings. The number of nitrogens with one attached hydrogen (secondary N) is 1. The number of halogens is 1. The van der Waals surface area contributed by atoms with E-state index in [-0.39, 0.29) is 17.3 Å². The van der Waals surface area contributed by atoms with Crippen molar-refractivity contribution in [3.05, 3.63) is 101 Å². The molecule has 0 bridgehead atoms. The molecule has 0 radical (unpaired) electrons. The molecule has 2 heterocycles. The standard InChI is InChI=1S/C26H21ClN8O3/c1-16(17-11-13-20(14-12-17)37-15-19-9-5-6-10-21(19)27)29-31-26(36)23-22(18-7-3-2-4-8-18)30-34-35(23)25-24(28)32-38-33-25/h2-14H,15H2,1H3,(H2,28,32)(H,31,36)/b29-16+. The number of nitrogen functional groups attached to an aromatic ring is 1. The number of amides is 1. The van der Waals surface area contributed by atoms with Gasteiger partial charge in [-0.1, -0.05) is 65.3 Å². The monoisotopic (exact) mass is 528 g/mol. The van der Waals surface area contributed by atoms with Crippen molar-refractivity contribution < 1.29 is 14.2 Å². The summed E-state index contributed by atoms with van der Waals surface area (Å²) in [6.45, 7) is 2.12. The van der Waals surface area contributed by atoms with E-state index in [4.69, 9.17) is 22.1 Å². The first-order valence-electron chi connectivity index (χ1n) is 11.4. The highest BCUT2D eigenvalue weighted by atomic mass is 35.5. The van der Waals surface area contributed by atoms with Crippen LogP contribution in [0.15, 0.2) is 88.6 Å². The van der Waals surface area contributed by atoms with Crippen LogP contribution in [0, 0.1) is 0 Å². The summed E-state index contributed by atoms with van der Waals surface area (Å²) in [4.78, 5) is 13.3. The van der Waals surface area contributed by atoms with Crippen LogP contribution in [-0.2, 0) is 6.61 Å². The highest BCUT2D eigenvalue weighted by molar-refractivity contribution is 6.31. The summed E-state index contributed by atoms with van der Waals surface area (Å²) in [7, 11) is 0. The van der Waals surface area contributed by atoms with Crippen molar-refractivity contribution in [1.82, 2.24) is 30.7 Å². The SMILES string of the molecule is C/C(=N\NC(=O)c1c(-c2ccccc2)nnn1-c1nonc1N)c1ccc(OCc2ccccc2Cl)cc1. The lowest BCUT2D eigenvalue weighted by atomic mass is 10.1. The van der Waals surface area contributed by atoms with Crippen molar-refractivity contribution in [3.8, 4) is 22.8 Å². The number of hydrazone groups is 1. The van der Waals surface area contributed by atoms with E-state index in [9.17, 15) is 4.79 Å². The second kappa shape index (κ2) is 10.9. The van der Waals surface area contributed by atoms with E-state index in [1.165, 1.54) is 4.68 Å². The summed E-state index contributed by atoms with van der Waals surface area (Å²) in [5, 5.41) is 20.4. The number of hydrogen-bond donors (Lipinski definition) is 2. The Labute approximate surface area is 221 Å². The molecule has 38 heavy (non-hydrogen) atoms. The highest BCUT2D eigenvalue weighted by Crippen LogP contribution is 2.24. The molecule has 0 saturated carbocycles. The summed E-state index contributed by atoms with van der Waals surface area (Å²) < 4.78 is 11.7. The fourth-order valence-electron chi connectivity index (χ4n) is 3.58. The average Bonchev–Trinajstić information content (AvgIpc) is 3.58. The molecule has 190 valence electrons. The van der Waals surface area contributed by atoms with Gasteiger partial charge in [0.2, 0.25) is 11.6 Å². The molecule has 12 heteroatoms. The van der Waals surface area contributed by atoms with Gasteiger partial charge in [-0.2, -0.15) is 9.78 Å². The Bertz CT molecular complexity index is 1600. The van der Waals surface area contributed by atoms with Gasteiger partial charge in [0.05, 0.1) is 5.71 Å². The van der Waals surface area contributed by atoms with Crippen molar-refractivity contribution in [2.75, 3.05) is 5.73 Å². The van der Waals surface area contributed by atoms with Gasteiger partial charge in [0.1, 0.15) is 18.1 Å². The van der Waals surface area contributed by atoms with Crippen molar-refractivity contribution in [3.63, 3.8) is 0 Å². The number of carbonyl (C=O) groups excluding carboxylic acids is 1. The van der Waals surface area contributed by atoms with Crippen LogP contribution in [0.1, 0.15) is 28.5 Å². The number of aromatic nitrogens is 5. The zero-order valence-corrected chi connectivity index (χ0v) is 20.8. The van der Waals surface area contributed by atoms with Gasteiger partial charge >= 0.3 is 0 Å². The van der Waals surface area contributed by atoms with Crippen LogP contribution in [0.25, 0.3) is 17.1 Å². The predicted molar refractivity (Wildman–Crippen MR) is 141 cm³/mol. The molecule has 0 unspecified atom stereocenters. The number of nitrogens with zero attached hydrogens (tertiary/aromatic N) is 6. The van der Waals surface area contributed by atoms with Gasteiger partial charge in [-0.3, -0.25) is 4.79 Å². The lowest BCUT2D eigenvalue weighted by molar-refractivity contribution is 0.0947. The minimum Gasteiger partial charge on any atom is -0.489 e. The molecular weight excluding hydrogens is 508 g/mol. The zero-order valence-electron chi connectivity index (χ0n) is 20.1. The molecule has 0 atom stereocenters. The van der Waals surface area contributed by atoms with E-state index in [0.29, 0.717) is 34.3 Å². The number of hydrogen-bond acceptors (Lipinski definition) is 9. The van der Waals surface area contributed by atoms with E-state index in [1.807, 2.05) is 66.7 Å². The molecule has 5 rings (SSSR count). The number of nitrogens with two attached hydrogens (primary N) is 1. The largest absolute Gasteiger partial charge is 0.489 e. The molecule has 3 N–H and O–H groups in total. The van der Waals surface area contributed by atoms with Gasteiger partial charge in [0, 0.05) is 16.1 Å². The minimum absolute atomic E-state index is 0.0397. The van der Waals surface area contributed by atoms with Crippen LogP contribution in [0.5, 0.6) is 5.75 Å². The smallest absolute Gasteiger partial charge is 0.292 e. The Hall–Kier alpha value is -5.03. The zero-order chi connectivity index (χ0) is 26.5. The lowest BCUT2D eigenvalue weighted by Crippen LogP contribution is -2.23. The quantitative estimate of drug-likeness (QED) is 0.224. The van der Waals surface area contributed by atoms with Crippen molar-refractivity contribution in [1.29, 1.82) is 0 Å². The van der Waals surface area contributed by atoms with Crippen LogP contribution in [-0.4, -0.2) is 36.9 Å². The van der Waals surface area contributed by atoms with Crippen LogP contribution in [0.4, 0.5) is 5.82 Å². The Balaban J connectivity index is 1.34. The van der Waals surface area contributed by atoms with E-state index in [1.54, 1.807) is 19.1 Å². The maximum atomic E-state index is 13.3. The van der Waals surface area contributed by atoms with Crippen LogP contribution in [0.3, 0.4) is 0 Å². The van der Waals surface area contributed by atoms with E-state index >= 15 is 0 Å². The van der Waals surface area contributed by atoms with Gasteiger partial charge in [-0.25, -0.2) is 10.1 Å². The molecule has 0 spiro atoms. The Morgan fingerprint density at radius 3 is 2.50 bits per heavy atom. The first-order chi connectivity index (χ1) is 18.5. The maximum absolute atomic E-state index is 13.3. The van der Waals surface area contributed by atoms with Crippen molar-refractivity contribution in [2.45, 2.75) is 13.5 Å². The van der Waals surface area contributed by atoms with Crippen LogP contribution in [0.2, 0.25) is 5.02 Å². The molecule has 11 nitrogen and oxygen atoms in total. The first-order valence-corrected chi connectivity index (χ1v) is 11.8. The van der Waals surface area contributed by atoms with Crippen molar-refractivity contribution >= 4 is 29.0 Å². The Morgan fingerprint density at radius 1 is 1.05 bits per heavy atom. The van der Waals surface area contributed by atoms with Gasteiger partial charge in [0.25, 0.3) is 5.91 Å². The third-order valence-electron chi connectivity index (χ3n) is 5.58. The molecule has 0 aliphatic heterocycles. The minimum atomic E-state index is -0.574. The molecule has 0 aliphatic carbocycles. The molecule has 2 aromatic heterocycles. The molecule has 0 fully saturated rings. The Kier molecular flexibility index (Phi) is 7.09. The number of anilines is 1. The molecule has 3 aromatic carbocycles. The van der Waals surface area contributed by atoms with E-state index in [2.05, 4.69) is 35.8 Å². The second-order valence-electron chi connectivity index (χ2n) is 8.08. The number of carbonyl (C=O) groups is 1. The normalized spacial score (nSPS) is 11.4. The fourth-order valence-corrected chi connectivity index (χ4v) is 3.77. The van der Waals surface area contributed by atoms with E-state index < -0.39 is 5.91 Å². The predicted octanol–water partition coefficient (Wildman–Crippen LogP) is 4.29. The molecule has 1 amide bonds. The summed E-state index contributed by atoms with van der Waals surface area (Å²) in [6.07, 6.45) is 0. The van der Waals surface area contributed by atoms with Crippen molar-refractivity contribution in [2.24, 2.45) is 5.10 Å². The van der Waals surface area contributed by atoms with Crippen LogP contribution < -0.4 is 15.9 Å². The number of ether oxygens (including phenoxy) is 1. The lowest BCUT2D eigenvalue weighted by Gasteiger charge is -2.09. The molecular formula is C26H21ClN8O3. The van der Waals surface area contributed by atoms with E-state index in [0.717, 1.165) is 11.1 Å². The Morgan fingerprint density at radius 2 is 1.79 bits per heavy atom. The second-order valence-corrected chi connectivity index (χ2v) is 8.49. The summed E-state index contributed by atoms with van der Waals surface area (Å²) in [5.41, 5.74) is 11.7. The van der Waals surface area contributed by atoms with Gasteiger partial charge in [-0.15, -0.1) is 5.10 Å². The van der Waals surface area contributed by atoms with Crippen LogP contribution >= 0.6 is 11.6 Å². The van der Waals surface area contributed by atoms with Gasteiger partial charge in [0.15, 0.2) is 5.69 Å². The molecule has 0 aliphatic rings. The van der Waals surface area contributed by atoms with Gasteiger partial charge in [-0.05, 0) is 53.1 Å². The van der Waals surface area contributed by atoms with Gasteiger partial charge < -0.3 is 10.5 Å². The summed E-state index contributed by atoms with van der Waals surface area (Å²) >= 11 is 6.19. The summed E-state index contributed by atoms with van der Waals surface area (Å²) in [5.74, 6) is 0.0973. The third kappa shape index (κ3) is 5.22. The fraction of sp³-hybridized carbons (Fsp3) is 0.0769. The maximum Gasteiger partial charge on any atom is 0.292 e. The highest BCUT2D eigenvalue weighted by Gasteiger charge is 2.26. The first kappa shape index (κ1) is 24.7. The molecule has 0 saturated heterocycles. The third-order valence-corrected chi connectivity index (χ3v) is 5.95. The topological polar surface area (TPSA) is 146 Å².